The number of para-hydroxylation sites is 1. The van der Waals surface area contributed by atoms with Crippen LogP contribution in [0.3, 0.4) is 0 Å². The molecule has 0 aliphatic rings. The standard InChI is InChI=1S/C21H23NO5/c1-22(14-15-9-11-17(25-2)12-10-15)19-8-6-5-7-16(19)13-18(20(23)26-3)21(24)27-4/h5-13H,14H2,1-4H3. The van der Waals surface area contributed by atoms with Crippen molar-refractivity contribution in [3.05, 3.63) is 65.2 Å². The lowest BCUT2D eigenvalue weighted by molar-refractivity contribution is -0.143. The van der Waals surface area contributed by atoms with Gasteiger partial charge in [-0.2, -0.15) is 0 Å². The average molecular weight is 369 g/mol. The first-order valence-corrected chi connectivity index (χ1v) is 8.31. The van der Waals surface area contributed by atoms with Crippen LogP contribution in [0.4, 0.5) is 5.69 Å². The van der Waals surface area contributed by atoms with E-state index in [1.165, 1.54) is 20.3 Å². The molecule has 0 aliphatic heterocycles. The number of hydrogen-bond donors (Lipinski definition) is 0. The van der Waals surface area contributed by atoms with Crippen molar-refractivity contribution < 1.29 is 23.8 Å². The van der Waals surface area contributed by atoms with E-state index in [0.29, 0.717) is 12.1 Å². The zero-order valence-electron chi connectivity index (χ0n) is 15.9. The molecule has 0 spiro atoms. The van der Waals surface area contributed by atoms with Crippen LogP contribution in [0.15, 0.2) is 54.1 Å². The molecule has 0 saturated heterocycles. The van der Waals surface area contributed by atoms with Gasteiger partial charge in [-0.15, -0.1) is 0 Å². The van der Waals surface area contributed by atoms with Crippen molar-refractivity contribution in [1.29, 1.82) is 0 Å². The number of anilines is 1. The normalized spacial score (nSPS) is 9.93. The van der Waals surface area contributed by atoms with Crippen LogP contribution < -0.4 is 9.64 Å². The first-order chi connectivity index (χ1) is 13.0. The van der Waals surface area contributed by atoms with E-state index in [9.17, 15) is 9.59 Å². The number of ether oxygens (including phenoxy) is 3. The minimum atomic E-state index is -0.741. The largest absolute Gasteiger partial charge is 0.497 e. The Bertz CT molecular complexity index is 809. The Labute approximate surface area is 159 Å². The van der Waals surface area contributed by atoms with Crippen molar-refractivity contribution in [2.75, 3.05) is 33.3 Å². The third kappa shape index (κ3) is 5.10. The maximum Gasteiger partial charge on any atom is 0.345 e. The van der Waals surface area contributed by atoms with Gasteiger partial charge in [0.05, 0.1) is 21.3 Å². The van der Waals surface area contributed by atoms with Gasteiger partial charge >= 0.3 is 11.9 Å². The van der Waals surface area contributed by atoms with E-state index in [4.69, 9.17) is 14.2 Å². The van der Waals surface area contributed by atoms with E-state index in [-0.39, 0.29) is 5.57 Å². The lowest BCUT2D eigenvalue weighted by atomic mass is 10.1. The lowest BCUT2D eigenvalue weighted by Gasteiger charge is -2.22. The SMILES string of the molecule is COC(=O)C(=Cc1ccccc1N(C)Cc1ccc(OC)cc1)C(=O)OC. The second-order valence-corrected chi connectivity index (χ2v) is 5.80. The van der Waals surface area contributed by atoms with E-state index >= 15 is 0 Å². The fourth-order valence-electron chi connectivity index (χ4n) is 2.62. The predicted molar refractivity (Wildman–Crippen MR) is 104 cm³/mol. The number of esters is 2. The zero-order valence-corrected chi connectivity index (χ0v) is 15.9. The Morgan fingerprint density at radius 1 is 0.926 bits per heavy atom. The number of hydrogen-bond acceptors (Lipinski definition) is 6. The zero-order chi connectivity index (χ0) is 19.8. The van der Waals surface area contributed by atoms with Crippen LogP contribution in [0.1, 0.15) is 11.1 Å². The molecule has 0 aliphatic carbocycles. The van der Waals surface area contributed by atoms with Crippen LogP contribution >= 0.6 is 0 Å². The highest BCUT2D eigenvalue weighted by Gasteiger charge is 2.20. The highest BCUT2D eigenvalue weighted by molar-refractivity contribution is 6.18. The number of carbonyl (C=O) groups excluding carboxylic acids is 2. The van der Waals surface area contributed by atoms with Gasteiger partial charge in [-0.1, -0.05) is 30.3 Å². The van der Waals surface area contributed by atoms with E-state index in [0.717, 1.165) is 17.0 Å². The molecular formula is C21H23NO5. The second-order valence-electron chi connectivity index (χ2n) is 5.80. The quantitative estimate of drug-likeness (QED) is 0.323. The van der Waals surface area contributed by atoms with Crippen LogP contribution in [-0.4, -0.2) is 40.3 Å². The van der Waals surface area contributed by atoms with E-state index < -0.39 is 11.9 Å². The van der Waals surface area contributed by atoms with Crippen LogP contribution in [0, 0.1) is 0 Å². The van der Waals surface area contributed by atoms with Crippen molar-refractivity contribution in [1.82, 2.24) is 0 Å². The van der Waals surface area contributed by atoms with E-state index in [1.54, 1.807) is 7.11 Å². The molecule has 0 fully saturated rings. The minimum Gasteiger partial charge on any atom is -0.497 e. The van der Waals surface area contributed by atoms with Gasteiger partial charge in [0.2, 0.25) is 0 Å². The summed E-state index contributed by atoms with van der Waals surface area (Å²) in [5.74, 6) is -0.686. The smallest absolute Gasteiger partial charge is 0.345 e. The molecule has 142 valence electrons. The van der Waals surface area contributed by atoms with Crippen molar-refractivity contribution in [3.63, 3.8) is 0 Å². The van der Waals surface area contributed by atoms with Crippen LogP contribution in [-0.2, 0) is 25.6 Å². The number of rotatable bonds is 7. The molecule has 6 nitrogen and oxygen atoms in total. The number of benzene rings is 2. The molecule has 0 unspecified atom stereocenters. The lowest BCUT2D eigenvalue weighted by Crippen LogP contribution is -2.18. The van der Waals surface area contributed by atoms with Gasteiger partial charge in [0.15, 0.2) is 0 Å². The molecule has 27 heavy (non-hydrogen) atoms. The Hall–Kier alpha value is -3.28. The first-order valence-electron chi connectivity index (χ1n) is 8.31. The Balaban J connectivity index is 2.33. The molecule has 0 heterocycles. The molecule has 2 aromatic carbocycles. The van der Waals surface area contributed by atoms with Crippen molar-refractivity contribution in [2.45, 2.75) is 6.54 Å². The molecule has 0 saturated carbocycles. The van der Waals surface area contributed by atoms with Gasteiger partial charge in [-0.3, -0.25) is 0 Å². The van der Waals surface area contributed by atoms with Crippen LogP contribution in [0.25, 0.3) is 6.08 Å². The molecule has 0 N–H and O–H groups in total. The second kappa shape index (κ2) is 9.43. The molecule has 6 heteroatoms. The summed E-state index contributed by atoms with van der Waals surface area (Å²) >= 11 is 0. The highest BCUT2D eigenvalue weighted by Crippen LogP contribution is 2.24. The molecule has 0 radical (unpaired) electrons. The summed E-state index contributed by atoms with van der Waals surface area (Å²) in [5.41, 5.74) is 2.50. The van der Waals surface area contributed by atoms with Crippen LogP contribution in [0.5, 0.6) is 5.75 Å². The number of nitrogens with zero attached hydrogens (tertiary/aromatic N) is 1. The van der Waals surface area contributed by atoms with E-state index in [2.05, 4.69) is 0 Å². The first kappa shape index (κ1) is 20.0. The molecule has 2 aromatic rings. The summed E-state index contributed by atoms with van der Waals surface area (Å²) in [4.78, 5) is 25.9. The number of carbonyl (C=O) groups is 2. The van der Waals surface area contributed by atoms with Crippen molar-refractivity contribution in [2.24, 2.45) is 0 Å². The summed E-state index contributed by atoms with van der Waals surface area (Å²) in [6, 6.07) is 15.3. The van der Waals surface area contributed by atoms with Gasteiger partial charge in [0.25, 0.3) is 0 Å². The summed E-state index contributed by atoms with van der Waals surface area (Å²) in [7, 11) is 6.01. The average Bonchev–Trinajstić information content (AvgIpc) is 2.71. The minimum absolute atomic E-state index is 0.162. The molecular weight excluding hydrogens is 346 g/mol. The maximum absolute atomic E-state index is 11.9. The summed E-state index contributed by atoms with van der Waals surface area (Å²) in [6.45, 7) is 0.640. The third-order valence-electron chi connectivity index (χ3n) is 4.04. The van der Waals surface area contributed by atoms with Gasteiger partial charge < -0.3 is 19.1 Å². The van der Waals surface area contributed by atoms with E-state index in [1.807, 2.05) is 60.5 Å². The number of methoxy groups -OCH3 is 3. The molecule has 0 bridgehead atoms. The van der Waals surface area contributed by atoms with Gasteiger partial charge in [0.1, 0.15) is 11.3 Å². The molecule has 2 rings (SSSR count). The van der Waals surface area contributed by atoms with Gasteiger partial charge in [-0.25, -0.2) is 9.59 Å². The molecule has 0 amide bonds. The monoisotopic (exact) mass is 369 g/mol. The highest BCUT2D eigenvalue weighted by atomic mass is 16.5. The molecule has 0 atom stereocenters. The summed E-state index contributed by atoms with van der Waals surface area (Å²) in [5, 5.41) is 0. The Morgan fingerprint density at radius 3 is 2.07 bits per heavy atom. The Kier molecular flexibility index (Phi) is 7.00. The van der Waals surface area contributed by atoms with Gasteiger partial charge in [-0.05, 0) is 35.4 Å². The topological polar surface area (TPSA) is 65.1 Å². The van der Waals surface area contributed by atoms with Crippen molar-refractivity contribution in [3.8, 4) is 5.75 Å². The maximum atomic E-state index is 11.9. The third-order valence-corrected chi connectivity index (χ3v) is 4.04. The summed E-state index contributed by atoms with van der Waals surface area (Å²) in [6.07, 6.45) is 1.48. The fourth-order valence-corrected chi connectivity index (χ4v) is 2.62. The van der Waals surface area contributed by atoms with Gasteiger partial charge in [0, 0.05) is 19.3 Å². The fraction of sp³-hybridized carbons (Fsp3) is 0.238. The Morgan fingerprint density at radius 2 is 1.52 bits per heavy atom. The predicted octanol–water partition coefficient (Wildman–Crippen LogP) is 3.06. The summed E-state index contributed by atoms with van der Waals surface area (Å²) < 4.78 is 14.6. The molecule has 0 aromatic heterocycles. The van der Waals surface area contributed by atoms with Crippen molar-refractivity contribution >= 4 is 23.7 Å². The van der Waals surface area contributed by atoms with Crippen LogP contribution in [0.2, 0.25) is 0 Å².